The third kappa shape index (κ3) is 5.37. The van der Waals surface area contributed by atoms with Gasteiger partial charge in [0.2, 0.25) is 0 Å². The van der Waals surface area contributed by atoms with Crippen molar-refractivity contribution in [3.8, 4) is 0 Å². The van der Waals surface area contributed by atoms with E-state index in [-0.39, 0.29) is 24.8 Å². The first kappa shape index (κ1) is 32.7. The zero-order valence-electron chi connectivity index (χ0n) is 26.1. The fourth-order valence-electron chi connectivity index (χ4n) is 7.48. The maximum atomic E-state index is 2.60. The molecule has 2 aliphatic carbocycles. The number of benzene rings is 6. The Morgan fingerprint density at radius 2 is 0.694 bits per heavy atom. The van der Waals surface area contributed by atoms with Gasteiger partial charge in [0.1, 0.15) is 0 Å². The molecule has 6 aromatic rings. The quantitative estimate of drug-likeness (QED) is 0.205. The molecule has 0 saturated heterocycles. The molecule has 0 saturated carbocycles. The molecule has 4 aliphatic rings. The molecule has 2 unspecified atom stereocenters. The summed E-state index contributed by atoms with van der Waals surface area (Å²) in [4.78, 5) is 10.5. The van der Waals surface area contributed by atoms with Crippen molar-refractivity contribution in [3.05, 3.63) is 179 Å². The topological polar surface area (TPSA) is 6.48 Å². The summed E-state index contributed by atoms with van der Waals surface area (Å²) in [6.07, 6.45) is 5.01. The van der Waals surface area contributed by atoms with Crippen molar-refractivity contribution in [1.82, 2.24) is 0 Å². The molecule has 10 rings (SSSR count). The fourth-order valence-corrected chi connectivity index (χ4v) is 16.7. The van der Waals surface area contributed by atoms with Crippen LogP contribution in [-0.2, 0) is 22.9 Å². The van der Waals surface area contributed by atoms with E-state index in [4.69, 9.17) is 0 Å². The molecule has 236 valence electrons. The van der Waals surface area contributed by atoms with Crippen molar-refractivity contribution in [2.75, 3.05) is 9.80 Å². The number of hydrogen-bond acceptors (Lipinski definition) is 4. The molecule has 2 heterocycles. The standard InChI is InChI=1S/2C21H14NS.2ClH.Hf/c2*1-2-8-16-14-17(13-15(16)7-1)22-18-9-3-5-11-20(18)23-21-12-6-4-10-19(21)22;;;/h2*1-14H;2*1H;/q;;;;+2/p-2. The number of fused-ring (bicyclic) bond motifs is 6. The first-order valence-electron chi connectivity index (χ1n) is 16.0. The Morgan fingerprint density at radius 1 is 0.388 bits per heavy atom. The van der Waals surface area contributed by atoms with E-state index in [1.807, 2.05) is 23.5 Å². The molecule has 49 heavy (non-hydrogen) atoms. The van der Waals surface area contributed by atoms with Crippen LogP contribution in [0.4, 0.5) is 22.7 Å². The van der Waals surface area contributed by atoms with Crippen LogP contribution in [0.15, 0.2) is 177 Å². The first-order valence-corrected chi connectivity index (χ1v) is 21.8. The normalized spacial score (nSPS) is 17.4. The van der Waals surface area contributed by atoms with E-state index in [1.54, 1.807) is 0 Å². The predicted molar refractivity (Wildman–Crippen MR) is 193 cm³/mol. The average molecular weight is 874 g/mol. The molecule has 0 N–H and O–H groups in total. The predicted octanol–water partition coefficient (Wildman–Crippen LogP) is 5.87. The summed E-state index contributed by atoms with van der Waals surface area (Å²) in [5.41, 5.74) is 13.8. The third-order valence-corrected chi connectivity index (χ3v) is 18.5. The van der Waals surface area contributed by atoms with Gasteiger partial charge in [-0.3, -0.25) is 0 Å². The number of para-hydroxylation sites is 4. The maximum absolute atomic E-state index is 2.60. The molecule has 0 fully saturated rings. The van der Waals surface area contributed by atoms with Gasteiger partial charge in [-0.1, -0.05) is 0 Å². The number of rotatable bonds is 4. The number of halogens is 2. The van der Waals surface area contributed by atoms with Crippen molar-refractivity contribution in [1.29, 1.82) is 0 Å². The van der Waals surface area contributed by atoms with Gasteiger partial charge in [-0.25, -0.2) is 0 Å². The number of allylic oxidation sites excluding steroid dienone is 2. The van der Waals surface area contributed by atoms with Crippen LogP contribution in [0.1, 0.15) is 29.6 Å². The Morgan fingerprint density at radius 3 is 1.06 bits per heavy atom. The van der Waals surface area contributed by atoms with E-state index in [0.29, 0.717) is 7.35 Å². The number of hydrogen-bond donors (Lipinski definition) is 0. The minimum Gasteiger partial charge on any atom is -1.00 e. The summed E-state index contributed by atoms with van der Waals surface area (Å²) in [5.74, 6) is 0. The summed E-state index contributed by atoms with van der Waals surface area (Å²) in [5, 5.41) is 0. The average Bonchev–Trinajstić information content (AvgIpc) is 3.67. The second-order valence-corrected chi connectivity index (χ2v) is 19.7. The molecule has 2 nitrogen and oxygen atoms in total. The number of nitrogens with zero attached hydrogens (tertiary/aromatic N) is 2. The Hall–Kier alpha value is -3.45. The summed E-state index contributed by atoms with van der Waals surface area (Å²) in [6.45, 7) is 0. The van der Waals surface area contributed by atoms with Crippen molar-refractivity contribution < 1.29 is 47.7 Å². The number of anilines is 4. The van der Waals surface area contributed by atoms with Gasteiger partial charge in [0, 0.05) is 0 Å². The largest absolute Gasteiger partial charge is 1.00 e. The molecule has 0 radical (unpaired) electrons. The van der Waals surface area contributed by atoms with Crippen molar-refractivity contribution in [2.24, 2.45) is 0 Å². The van der Waals surface area contributed by atoms with Gasteiger partial charge in [-0.2, -0.15) is 0 Å². The van der Waals surface area contributed by atoms with Crippen LogP contribution in [0.25, 0.3) is 12.2 Å². The van der Waals surface area contributed by atoms with Crippen LogP contribution in [0.2, 0.25) is 0 Å². The van der Waals surface area contributed by atoms with Gasteiger partial charge in [-0.05, 0) is 0 Å². The van der Waals surface area contributed by atoms with E-state index in [1.165, 1.54) is 76.0 Å². The zero-order chi connectivity index (χ0) is 30.9. The molecule has 2 atom stereocenters. The fraction of sp³-hybridized carbons (Fsp3) is 0.0476. The van der Waals surface area contributed by atoms with Crippen molar-refractivity contribution in [2.45, 2.75) is 26.9 Å². The van der Waals surface area contributed by atoms with E-state index in [0.717, 1.165) is 0 Å². The molecule has 6 aromatic carbocycles. The molecule has 0 bridgehead atoms. The van der Waals surface area contributed by atoms with Gasteiger partial charge < -0.3 is 24.8 Å². The Kier molecular flexibility index (Phi) is 8.92. The van der Waals surface area contributed by atoms with Gasteiger partial charge >= 0.3 is 297 Å². The summed E-state index contributed by atoms with van der Waals surface area (Å²) >= 11 is 2.17. The summed E-state index contributed by atoms with van der Waals surface area (Å²) < 4.78 is 0.805. The van der Waals surface area contributed by atoms with Gasteiger partial charge in [-0.15, -0.1) is 0 Å². The van der Waals surface area contributed by atoms with Crippen LogP contribution >= 0.6 is 23.5 Å². The summed E-state index contributed by atoms with van der Waals surface area (Å²) in [7, 11) is 0. The smallest absolute Gasteiger partial charge is 1.00 e. The molecule has 0 spiro atoms. The summed E-state index contributed by atoms with van der Waals surface area (Å²) in [6, 6.07) is 54.1. The second-order valence-electron chi connectivity index (χ2n) is 12.2. The van der Waals surface area contributed by atoms with Gasteiger partial charge in [0.25, 0.3) is 0 Å². The van der Waals surface area contributed by atoms with Crippen LogP contribution < -0.4 is 34.6 Å². The first-order chi connectivity index (χ1) is 23.3. The van der Waals surface area contributed by atoms with E-state index >= 15 is 0 Å². The second kappa shape index (κ2) is 13.4. The molecular weight excluding hydrogens is 846 g/mol. The maximum Gasteiger partial charge on any atom is -1.00 e. The molecular formula is C42H28Cl2HfN2S2. The minimum atomic E-state index is -1.61. The molecule has 2 aliphatic heterocycles. The monoisotopic (exact) mass is 874 g/mol. The molecule has 7 heteroatoms. The van der Waals surface area contributed by atoms with Gasteiger partial charge in [0.05, 0.1) is 0 Å². The van der Waals surface area contributed by atoms with Crippen molar-refractivity contribution in [3.63, 3.8) is 0 Å². The van der Waals surface area contributed by atoms with Crippen LogP contribution in [0.5, 0.6) is 0 Å². The van der Waals surface area contributed by atoms with Gasteiger partial charge in [0.15, 0.2) is 0 Å². The SMILES string of the molecule is C1=C(N2c3ccccc3Sc3ccccc32)[CH]([Hf+2][CH]2C(N3c4ccccc4Sc4ccccc43)=Cc3ccccc32)c2ccccc21.[Cl-].[Cl-]. The Balaban J connectivity index is 0.00000174. The zero-order valence-corrected chi connectivity index (χ0v) is 32.9. The van der Waals surface area contributed by atoms with Crippen LogP contribution in [0.3, 0.4) is 0 Å². The Labute approximate surface area is 319 Å². The van der Waals surface area contributed by atoms with Crippen LogP contribution in [-0.4, -0.2) is 0 Å². The van der Waals surface area contributed by atoms with E-state index < -0.39 is 22.9 Å². The molecule has 0 amide bonds. The minimum absolute atomic E-state index is 0. The Bertz CT molecular complexity index is 2050. The van der Waals surface area contributed by atoms with E-state index in [2.05, 4.69) is 168 Å². The van der Waals surface area contributed by atoms with Crippen LogP contribution in [0, 0.1) is 0 Å². The molecule has 0 aromatic heterocycles. The van der Waals surface area contributed by atoms with E-state index in [9.17, 15) is 0 Å². The third-order valence-electron chi connectivity index (χ3n) is 9.53. The van der Waals surface area contributed by atoms with Crippen molar-refractivity contribution >= 4 is 58.4 Å².